The summed E-state index contributed by atoms with van der Waals surface area (Å²) in [5, 5.41) is 14.4. The zero-order valence-electron chi connectivity index (χ0n) is 17.6. The number of nitrogens with two attached hydrogens (primary N) is 2. The number of benzene rings is 2. The molecule has 12 heteroatoms. The molecule has 0 fully saturated rings. The van der Waals surface area contributed by atoms with Crippen molar-refractivity contribution in [3.63, 3.8) is 0 Å². The highest BCUT2D eigenvalue weighted by Gasteiger charge is 2.32. The molecule has 0 aliphatic rings. The van der Waals surface area contributed by atoms with Gasteiger partial charge in [-0.15, -0.1) is 0 Å². The van der Waals surface area contributed by atoms with Crippen molar-refractivity contribution in [2.24, 2.45) is 10.7 Å². The summed E-state index contributed by atoms with van der Waals surface area (Å²) in [6.45, 7) is 0. The van der Waals surface area contributed by atoms with Gasteiger partial charge >= 0.3 is 6.18 Å². The molecule has 0 aliphatic carbocycles. The SMILES string of the molecule is CN(C)C(=N)c1ccc(NC(=O)C(C=C(N)C(F)(F)F)=Nc2ccc3onc(N)c3c2)cc1. The molecular weight excluding hydrogens is 439 g/mol. The Morgan fingerprint density at radius 3 is 2.48 bits per heavy atom. The van der Waals surface area contributed by atoms with Crippen LogP contribution in [0.2, 0.25) is 0 Å². The maximum atomic E-state index is 13.0. The monoisotopic (exact) mass is 459 g/mol. The zero-order chi connectivity index (χ0) is 24.3. The van der Waals surface area contributed by atoms with Gasteiger partial charge in [0.1, 0.15) is 17.2 Å². The largest absolute Gasteiger partial charge is 0.430 e. The summed E-state index contributed by atoms with van der Waals surface area (Å²) >= 11 is 0. The number of amides is 1. The van der Waals surface area contributed by atoms with Crippen LogP contribution in [0.5, 0.6) is 0 Å². The van der Waals surface area contributed by atoms with Gasteiger partial charge in [-0.1, -0.05) is 5.16 Å². The van der Waals surface area contributed by atoms with Crippen molar-refractivity contribution in [3.05, 3.63) is 59.8 Å². The van der Waals surface area contributed by atoms with Crippen LogP contribution in [0.15, 0.2) is 63.8 Å². The number of amidine groups is 1. The third-order valence-corrected chi connectivity index (χ3v) is 4.45. The smallest absolute Gasteiger partial charge is 0.395 e. The van der Waals surface area contributed by atoms with Crippen LogP contribution in [0.3, 0.4) is 0 Å². The van der Waals surface area contributed by atoms with Gasteiger partial charge in [0.05, 0.1) is 11.1 Å². The number of nitrogens with zero attached hydrogens (tertiary/aromatic N) is 3. The molecule has 1 aromatic heterocycles. The third-order valence-electron chi connectivity index (χ3n) is 4.45. The number of carbonyl (C=O) groups excluding carboxylic acids is 1. The number of anilines is 2. The Bertz CT molecular complexity index is 1260. The number of rotatable bonds is 5. The number of nitrogens with one attached hydrogen (secondary N) is 2. The van der Waals surface area contributed by atoms with Crippen LogP contribution in [0.1, 0.15) is 5.56 Å². The Kier molecular flexibility index (Phi) is 6.38. The predicted molar refractivity (Wildman–Crippen MR) is 119 cm³/mol. The van der Waals surface area contributed by atoms with Gasteiger partial charge in [-0.25, -0.2) is 4.99 Å². The van der Waals surface area contributed by atoms with Crippen molar-refractivity contribution in [2.45, 2.75) is 6.18 Å². The van der Waals surface area contributed by atoms with Gasteiger partial charge < -0.3 is 26.2 Å². The molecule has 1 heterocycles. The van der Waals surface area contributed by atoms with E-state index in [0.717, 1.165) is 0 Å². The Morgan fingerprint density at radius 1 is 1.21 bits per heavy atom. The molecule has 33 heavy (non-hydrogen) atoms. The quantitative estimate of drug-likeness (QED) is 0.340. The standard InChI is InChI=1S/C21H20F3N7O2/c1-31(2)19(27)11-3-5-12(6-4-11)29-20(32)15(10-17(25)21(22,23)24)28-13-7-8-16-14(9-13)18(26)30-33-16/h3-10,27H,25H2,1-2H3,(H2,26,30)(H,29,32). The first-order valence-corrected chi connectivity index (χ1v) is 9.41. The lowest BCUT2D eigenvalue weighted by Gasteiger charge is -2.14. The van der Waals surface area contributed by atoms with Gasteiger partial charge in [0.2, 0.25) is 0 Å². The summed E-state index contributed by atoms with van der Waals surface area (Å²) in [6.07, 6.45) is -4.40. The number of hydrogen-bond donors (Lipinski definition) is 4. The van der Waals surface area contributed by atoms with Crippen molar-refractivity contribution in [2.75, 3.05) is 25.1 Å². The lowest BCUT2D eigenvalue weighted by molar-refractivity contribution is -0.110. The van der Waals surface area contributed by atoms with Crippen LogP contribution in [-0.2, 0) is 4.79 Å². The molecule has 0 radical (unpaired) electrons. The summed E-state index contributed by atoms with van der Waals surface area (Å²) in [7, 11) is 3.42. The van der Waals surface area contributed by atoms with Gasteiger partial charge in [-0.2, -0.15) is 13.2 Å². The Balaban J connectivity index is 1.95. The van der Waals surface area contributed by atoms with E-state index in [1.54, 1.807) is 31.1 Å². The van der Waals surface area contributed by atoms with Crippen LogP contribution >= 0.6 is 0 Å². The maximum Gasteiger partial charge on any atom is 0.430 e. The molecule has 2 aromatic carbocycles. The molecule has 6 N–H and O–H groups in total. The van der Waals surface area contributed by atoms with Gasteiger partial charge in [0, 0.05) is 25.3 Å². The van der Waals surface area contributed by atoms with E-state index in [2.05, 4.69) is 15.5 Å². The summed E-state index contributed by atoms with van der Waals surface area (Å²) in [6, 6.07) is 10.6. The Hall–Kier alpha value is -4.35. The van der Waals surface area contributed by atoms with E-state index in [9.17, 15) is 18.0 Å². The summed E-state index contributed by atoms with van der Waals surface area (Å²) in [5.74, 6) is -0.600. The number of nitrogen functional groups attached to an aromatic ring is 1. The van der Waals surface area contributed by atoms with Gasteiger partial charge in [0.25, 0.3) is 5.91 Å². The fourth-order valence-corrected chi connectivity index (χ4v) is 2.70. The van der Waals surface area contributed by atoms with Crippen LogP contribution in [0, 0.1) is 5.41 Å². The fraction of sp³-hybridized carbons (Fsp3) is 0.143. The highest BCUT2D eigenvalue weighted by molar-refractivity contribution is 6.47. The number of hydrogen-bond acceptors (Lipinski definition) is 7. The molecule has 0 atom stereocenters. The molecule has 0 saturated carbocycles. The molecular formula is C21H20F3N7O2. The second kappa shape index (κ2) is 9.02. The summed E-state index contributed by atoms with van der Waals surface area (Å²) in [5.41, 5.74) is 10.1. The van der Waals surface area contributed by atoms with Crippen molar-refractivity contribution < 1.29 is 22.5 Å². The van der Waals surface area contributed by atoms with Crippen LogP contribution < -0.4 is 16.8 Å². The van der Waals surface area contributed by atoms with E-state index < -0.39 is 23.5 Å². The minimum absolute atomic E-state index is 0.0711. The van der Waals surface area contributed by atoms with Crippen molar-refractivity contribution in [1.82, 2.24) is 10.1 Å². The van der Waals surface area contributed by atoms with E-state index in [0.29, 0.717) is 28.3 Å². The molecule has 0 saturated heterocycles. The third kappa shape index (κ3) is 5.47. The molecule has 0 spiro atoms. The number of allylic oxidation sites excluding steroid dienone is 1. The summed E-state index contributed by atoms with van der Waals surface area (Å²) in [4.78, 5) is 18.4. The van der Waals surface area contributed by atoms with Crippen LogP contribution in [-0.4, -0.2) is 47.8 Å². The van der Waals surface area contributed by atoms with E-state index >= 15 is 0 Å². The molecule has 9 nitrogen and oxygen atoms in total. The number of halogens is 3. The average molecular weight is 459 g/mol. The highest BCUT2D eigenvalue weighted by Crippen LogP contribution is 2.26. The fourth-order valence-electron chi connectivity index (χ4n) is 2.70. The second-order valence-corrected chi connectivity index (χ2v) is 7.12. The lowest BCUT2D eigenvalue weighted by atomic mass is 10.1. The minimum Gasteiger partial charge on any atom is -0.395 e. The van der Waals surface area contributed by atoms with Crippen LogP contribution in [0.25, 0.3) is 11.0 Å². The number of carbonyl (C=O) groups is 1. The predicted octanol–water partition coefficient (Wildman–Crippen LogP) is 3.41. The number of aliphatic imine (C=N–C) groups is 1. The first kappa shape index (κ1) is 23.3. The Morgan fingerprint density at radius 2 is 1.88 bits per heavy atom. The van der Waals surface area contributed by atoms with Crippen molar-refractivity contribution >= 4 is 45.6 Å². The van der Waals surface area contributed by atoms with Gasteiger partial charge in [-0.3, -0.25) is 10.2 Å². The van der Waals surface area contributed by atoms with Crippen LogP contribution in [0.4, 0.5) is 30.4 Å². The topological polar surface area (TPSA) is 147 Å². The van der Waals surface area contributed by atoms with E-state index in [1.807, 2.05) is 0 Å². The lowest BCUT2D eigenvalue weighted by Crippen LogP contribution is -2.26. The van der Waals surface area contributed by atoms with Crippen molar-refractivity contribution in [1.29, 1.82) is 5.41 Å². The Labute approximate surface area is 186 Å². The first-order chi connectivity index (χ1) is 15.5. The van der Waals surface area contributed by atoms with E-state index in [1.165, 1.54) is 30.3 Å². The zero-order valence-corrected chi connectivity index (χ0v) is 17.6. The van der Waals surface area contributed by atoms with E-state index in [4.69, 9.17) is 21.4 Å². The van der Waals surface area contributed by atoms with Gasteiger partial charge in [0.15, 0.2) is 11.4 Å². The van der Waals surface area contributed by atoms with Gasteiger partial charge in [-0.05, 0) is 48.5 Å². The molecule has 1 amide bonds. The molecule has 0 bridgehead atoms. The first-order valence-electron chi connectivity index (χ1n) is 9.41. The molecule has 0 unspecified atom stereocenters. The molecule has 0 aliphatic heterocycles. The van der Waals surface area contributed by atoms with Crippen molar-refractivity contribution in [3.8, 4) is 0 Å². The average Bonchev–Trinajstić information content (AvgIpc) is 3.12. The molecule has 3 aromatic rings. The number of aromatic nitrogens is 1. The minimum atomic E-state index is -4.85. The van der Waals surface area contributed by atoms with E-state index in [-0.39, 0.29) is 17.3 Å². The molecule has 3 rings (SSSR count). The maximum absolute atomic E-state index is 13.0. The second-order valence-electron chi connectivity index (χ2n) is 7.12. The molecule has 172 valence electrons. The highest BCUT2D eigenvalue weighted by atomic mass is 19.4. The normalized spacial score (nSPS) is 12.6. The number of alkyl halides is 3. The summed E-state index contributed by atoms with van der Waals surface area (Å²) < 4.78 is 44.0. The number of fused-ring (bicyclic) bond motifs is 1.